The van der Waals surface area contributed by atoms with E-state index in [0.717, 1.165) is 22.5 Å². The molecule has 0 radical (unpaired) electrons. The van der Waals surface area contributed by atoms with Gasteiger partial charge in [-0.2, -0.15) is 5.10 Å². The van der Waals surface area contributed by atoms with E-state index in [-0.39, 0.29) is 0 Å². The quantitative estimate of drug-likeness (QED) is 0.885. The molecule has 0 aliphatic heterocycles. The van der Waals surface area contributed by atoms with E-state index in [1.54, 1.807) is 6.20 Å². The maximum Gasteiger partial charge on any atom is 0.129 e. The van der Waals surface area contributed by atoms with Crippen molar-refractivity contribution in [3.63, 3.8) is 0 Å². The smallest absolute Gasteiger partial charge is 0.129 e. The van der Waals surface area contributed by atoms with Gasteiger partial charge >= 0.3 is 0 Å². The highest BCUT2D eigenvalue weighted by Gasteiger charge is 2.09. The predicted octanol–water partition coefficient (Wildman–Crippen LogP) is 2.81. The fourth-order valence-electron chi connectivity index (χ4n) is 1.77. The van der Waals surface area contributed by atoms with Gasteiger partial charge in [-0.25, -0.2) is 4.98 Å². The van der Waals surface area contributed by atoms with Crippen LogP contribution in [-0.4, -0.2) is 14.8 Å². The molecule has 0 fully saturated rings. The first kappa shape index (κ1) is 12.1. The van der Waals surface area contributed by atoms with Gasteiger partial charge in [0.25, 0.3) is 0 Å². The molecule has 0 saturated heterocycles. The normalized spacial score (nSPS) is 10.6. The molecule has 0 saturated carbocycles. The van der Waals surface area contributed by atoms with E-state index < -0.39 is 0 Å². The number of anilines is 1. The van der Waals surface area contributed by atoms with Crippen molar-refractivity contribution in [3.8, 4) is 0 Å². The Hall–Kier alpha value is -1.36. The minimum Gasteiger partial charge on any atom is -0.379 e. The van der Waals surface area contributed by atoms with Crippen LogP contribution in [0.1, 0.15) is 17.0 Å². The third kappa shape index (κ3) is 2.49. The maximum atomic E-state index is 4.39. The molecule has 90 valence electrons. The van der Waals surface area contributed by atoms with Crippen LogP contribution >= 0.6 is 15.9 Å². The van der Waals surface area contributed by atoms with Crippen molar-refractivity contribution in [2.45, 2.75) is 20.4 Å². The maximum absolute atomic E-state index is 4.39. The Labute approximate surface area is 109 Å². The summed E-state index contributed by atoms with van der Waals surface area (Å²) in [5.41, 5.74) is 4.49. The molecule has 4 nitrogen and oxygen atoms in total. The van der Waals surface area contributed by atoms with Gasteiger partial charge in [-0.3, -0.25) is 4.68 Å². The van der Waals surface area contributed by atoms with Crippen molar-refractivity contribution >= 4 is 21.6 Å². The highest BCUT2D eigenvalue weighted by molar-refractivity contribution is 9.10. The number of aryl methyl sites for hydroxylation is 2. The van der Waals surface area contributed by atoms with Gasteiger partial charge in [0.15, 0.2) is 0 Å². The van der Waals surface area contributed by atoms with E-state index >= 15 is 0 Å². The standard InChI is InChI=1S/C12H15BrN4/c1-8-10(9(2)17(3)16-8)7-15-11-5-4-6-14-12(11)13/h4-6,15H,7H2,1-3H3. The summed E-state index contributed by atoms with van der Waals surface area (Å²) in [5.74, 6) is 0. The van der Waals surface area contributed by atoms with Gasteiger partial charge in [-0.15, -0.1) is 0 Å². The summed E-state index contributed by atoms with van der Waals surface area (Å²) < 4.78 is 2.74. The number of nitrogens with zero attached hydrogens (tertiary/aromatic N) is 3. The summed E-state index contributed by atoms with van der Waals surface area (Å²) >= 11 is 3.42. The van der Waals surface area contributed by atoms with Gasteiger partial charge in [-0.1, -0.05) is 0 Å². The zero-order chi connectivity index (χ0) is 12.4. The number of hydrogen-bond acceptors (Lipinski definition) is 3. The number of rotatable bonds is 3. The average molecular weight is 295 g/mol. The summed E-state index contributed by atoms with van der Waals surface area (Å²) in [6.45, 7) is 4.87. The fraction of sp³-hybridized carbons (Fsp3) is 0.333. The Balaban J connectivity index is 2.15. The predicted molar refractivity (Wildman–Crippen MR) is 71.9 cm³/mol. The van der Waals surface area contributed by atoms with Gasteiger partial charge < -0.3 is 5.32 Å². The highest BCUT2D eigenvalue weighted by Crippen LogP contribution is 2.20. The molecule has 0 aromatic carbocycles. The van der Waals surface area contributed by atoms with Gasteiger partial charge in [0.2, 0.25) is 0 Å². The Bertz CT molecular complexity index is 533. The minimum atomic E-state index is 0.760. The summed E-state index contributed by atoms with van der Waals surface area (Å²) in [5, 5.41) is 7.76. The molecule has 2 aromatic rings. The second-order valence-corrected chi connectivity index (χ2v) is 4.72. The molecule has 2 heterocycles. The lowest BCUT2D eigenvalue weighted by Gasteiger charge is -2.08. The van der Waals surface area contributed by atoms with Crippen LogP contribution in [0.15, 0.2) is 22.9 Å². The van der Waals surface area contributed by atoms with Crippen LogP contribution < -0.4 is 5.32 Å². The summed E-state index contributed by atoms with van der Waals surface area (Å²) in [7, 11) is 1.96. The van der Waals surface area contributed by atoms with Crippen molar-refractivity contribution in [2.75, 3.05) is 5.32 Å². The van der Waals surface area contributed by atoms with Gasteiger partial charge in [0, 0.05) is 31.0 Å². The molecular weight excluding hydrogens is 280 g/mol. The van der Waals surface area contributed by atoms with Gasteiger partial charge in [0.05, 0.1) is 11.4 Å². The Kier molecular flexibility index (Phi) is 3.47. The average Bonchev–Trinajstić information content (AvgIpc) is 2.53. The molecular formula is C12H15BrN4. The van der Waals surface area contributed by atoms with E-state index in [1.807, 2.05) is 30.8 Å². The Morgan fingerprint density at radius 2 is 2.18 bits per heavy atom. The molecule has 1 N–H and O–H groups in total. The first-order chi connectivity index (χ1) is 8.09. The van der Waals surface area contributed by atoms with Gasteiger partial charge in [0.1, 0.15) is 4.60 Å². The van der Waals surface area contributed by atoms with Crippen LogP contribution in [0.3, 0.4) is 0 Å². The first-order valence-corrected chi connectivity index (χ1v) is 6.22. The molecule has 0 atom stereocenters. The second kappa shape index (κ2) is 4.87. The van der Waals surface area contributed by atoms with Gasteiger partial charge in [-0.05, 0) is 41.9 Å². The molecule has 0 spiro atoms. The SMILES string of the molecule is Cc1nn(C)c(C)c1CNc1cccnc1Br. The zero-order valence-corrected chi connectivity index (χ0v) is 11.7. The van der Waals surface area contributed by atoms with Crippen molar-refractivity contribution < 1.29 is 0 Å². The van der Waals surface area contributed by atoms with Crippen LogP contribution in [0.2, 0.25) is 0 Å². The third-order valence-corrected chi connectivity index (χ3v) is 3.51. The first-order valence-electron chi connectivity index (χ1n) is 5.43. The summed E-state index contributed by atoms with van der Waals surface area (Å²) in [6.07, 6.45) is 1.76. The molecule has 0 aliphatic carbocycles. The number of halogens is 1. The molecule has 0 amide bonds. The van der Waals surface area contributed by atoms with Crippen LogP contribution in [0.25, 0.3) is 0 Å². The molecule has 0 bridgehead atoms. The topological polar surface area (TPSA) is 42.7 Å². The molecule has 2 aromatic heterocycles. The van der Waals surface area contributed by atoms with Crippen molar-refractivity contribution in [3.05, 3.63) is 39.9 Å². The fourth-order valence-corrected chi connectivity index (χ4v) is 2.17. The van der Waals surface area contributed by atoms with E-state index in [4.69, 9.17) is 0 Å². The highest BCUT2D eigenvalue weighted by atomic mass is 79.9. The van der Waals surface area contributed by atoms with Crippen LogP contribution in [0.5, 0.6) is 0 Å². The van der Waals surface area contributed by atoms with E-state index in [2.05, 4.69) is 38.3 Å². The number of pyridine rings is 1. The number of hydrogen-bond donors (Lipinski definition) is 1. The van der Waals surface area contributed by atoms with E-state index in [1.165, 1.54) is 11.3 Å². The minimum absolute atomic E-state index is 0.760. The molecule has 5 heteroatoms. The monoisotopic (exact) mass is 294 g/mol. The second-order valence-electron chi connectivity index (χ2n) is 3.97. The molecule has 2 rings (SSSR count). The number of aromatic nitrogens is 3. The van der Waals surface area contributed by atoms with Crippen molar-refractivity contribution in [1.29, 1.82) is 0 Å². The summed E-state index contributed by atoms with van der Waals surface area (Å²) in [6, 6.07) is 3.91. The van der Waals surface area contributed by atoms with E-state index in [9.17, 15) is 0 Å². The summed E-state index contributed by atoms with van der Waals surface area (Å²) in [4.78, 5) is 4.17. The Morgan fingerprint density at radius 1 is 1.41 bits per heavy atom. The van der Waals surface area contributed by atoms with Crippen LogP contribution in [0.4, 0.5) is 5.69 Å². The lowest BCUT2D eigenvalue weighted by molar-refractivity contribution is 0.730. The molecule has 0 unspecified atom stereocenters. The van der Waals surface area contributed by atoms with Crippen LogP contribution in [0, 0.1) is 13.8 Å². The van der Waals surface area contributed by atoms with Crippen molar-refractivity contribution in [2.24, 2.45) is 7.05 Å². The number of nitrogens with one attached hydrogen (secondary N) is 1. The zero-order valence-electron chi connectivity index (χ0n) is 10.2. The molecule has 0 aliphatic rings. The molecule has 17 heavy (non-hydrogen) atoms. The van der Waals surface area contributed by atoms with E-state index in [0.29, 0.717) is 0 Å². The third-order valence-electron chi connectivity index (χ3n) is 2.87. The Morgan fingerprint density at radius 3 is 2.76 bits per heavy atom. The van der Waals surface area contributed by atoms with Crippen molar-refractivity contribution in [1.82, 2.24) is 14.8 Å². The lowest BCUT2D eigenvalue weighted by Crippen LogP contribution is -2.03. The largest absolute Gasteiger partial charge is 0.379 e. The van der Waals surface area contributed by atoms with Crippen LogP contribution in [-0.2, 0) is 13.6 Å². The lowest BCUT2D eigenvalue weighted by atomic mass is 10.2.